The van der Waals surface area contributed by atoms with E-state index >= 15 is 0 Å². The van der Waals surface area contributed by atoms with Crippen LogP contribution in [0, 0.1) is 0 Å². The molecule has 5 heteroatoms. The lowest BCUT2D eigenvalue weighted by molar-refractivity contribution is -0.143. The van der Waals surface area contributed by atoms with Crippen molar-refractivity contribution in [2.24, 2.45) is 0 Å². The molecular formula is C10H21ClN2O2. The van der Waals surface area contributed by atoms with Gasteiger partial charge in [-0.1, -0.05) is 0 Å². The first-order valence-corrected chi connectivity index (χ1v) is 5.29. The van der Waals surface area contributed by atoms with E-state index in [0.29, 0.717) is 12.6 Å². The van der Waals surface area contributed by atoms with E-state index in [0.717, 1.165) is 19.6 Å². The molecule has 0 saturated carbocycles. The molecule has 0 aliphatic carbocycles. The molecule has 0 aromatic carbocycles. The molecule has 1 rings (SSSR count). The van der Waals surface area contributed by atoms with Crippen LogP contribution in [0.4, 0.5) is 0 Å². The lowest BCUT2D eigenvalue weighted by atomic mass is 10.2. The van der Waals surface area contributed by atoms with E-state index in [1.54, 1.807) is 0 Å². The molecule has 1 amide bonds. The van der Waals surface area contributed by atoms with Gasteiger partial charge in [0.2, 0.25) is 0 Å². The Hall–Kier alpha value is -0.320. The number of ether oxygens (including phenoxy) is 1. The summed E-state index contributed by atoms with van der Waals surface area (Å²) >= 11 is 0. The predicted octanol–water partition coefficient (Wildman–Crippen LogP) is 0.654. The number of nitrogens with zero attached hydrogens (tertiary/aromatic N) is 1. The number of carbonyl (C=O) groups is 1. The van der Waals surface area contributed by atoms with Crippen LogP contribution in [0.2, 0.25) is 0 Å². The van der Waals surface area contributed by atoms with Crippen LogP contribution in [0.5, 0.6) is 0 Å². The molecule has 1 aliphatic heterocycles. The number of amides is 1. The molecular weight excluding hydrogens is 216 g/mol. The van der Waals surface area contributed by atoms with Crippen molar-refractivity contribution >= 4 is 18.3 Å². The Kier molecular flexibility index (Phi) is 6.89. The third kappa shape index (κ3) is 4.36. The van der Waals surface area contributed by atoms with Gasteiger partial charge in [0.05, 0.1) is 0 Å². The van der Waals surface area contributed by atoms with Gasteiger partial charge in [-0.25, -0.2) is 0 Å². The summed E-state index contributed by atoms with van der Waals surface area (Å²) in [6, 6.07) is 0.390. The lowest BCUT2D eigenvalue weighted by Crippen LogP contribution is -2.53. The molecule has 1 heterocycles. The van der Waals surface area contributed by atoms with Crippen LogP contribution < -0.4 is 5.32 Å². The summed E-state index contributed by atoms with van der Waals surface area (Å²) in [6.07, 6.45) is -0.301. The SMILES string of the molecule is CCOC(C)C(=O)N1CCNC(C)C1.Cl. The van der Waals surface area contributed by atoms with E-state index in [9.17, 15) is 4.79 Å². The predicted molar refractivity (Wildman–Crippen MR) is 62.4 cm³/mol. The molecule has 2 unspecified atom stereocenters. The van der Waals surface area contributed by atoms with Crippen LogP contribution in [0.3, 0.4) is 0 Å². The molecule has 1 fully saturated rings. The third-order valence-corrected chi connectivity index (χ3v) is 2.44. The van der Waals surface area contributed by atoms with Crippen LogP contribution in [0.15, 0.2) is 0 Å². The first kappa shape index (κ1) is 14.7. The summed E-state index contributed by atoms with van der Waals surface area (Å²) in [5.74, 6) is 0.111. The van der Waals surface area contributed by atoms with Gasteiger partial charge in [-0.3, -0.25) is 4.79 Å². The maximum Gasteiger partial charge on any atom is 0.251 e. The Bertz CT molecular complexity index is 202. The quantitative estimate of drug-likeness (QED) is 0.783. The molecule has 2 atom stereocenters. The lowest BCUT2D eigenvalue weighted by Gasteiger charge is -2.33. The Morgan fingerprint density at radius 1 is 1.67 bits per heavy atom. The van der Waals surface area contributed by atoms with Gasteiger partial charge in [-0.2, -0.15) is 0 Å². The highest BCUT2D eigenvalue weighted by Gasteiger charge is 2.24. The second kappa shape index (κ2) is 7.04. The minimum atomic E-state index is -0.301. The van der Waals surface area contributed by atoms with E-state index < -0.39 is 0 Å². The van der Waals surface area contributed by atoms with E-state index in [1.807, 2.05) is 18.7 Å². The first-order chi connectivity index (χ1) is 6.65. The number of halogens is 1. The Balaban J connectivity index is 0.00000196. The van der Waals surface area contributed by atoms with Gasteiger partial charge in [0.15, 0.2) is 0 Å². The van der Waals surface area contributed by atoms with Gasteiger partial charge in [0, 0.05) is 32.3 Å². The molecule has 15 heavy (non-hydrogen) atoms. The number of rotatable bonds is 3. The van der Waals surface area contributed by atoms with E-state index in [1.165, 1.54) is 0 Å². The van der Waals surface area contributed by atoms with Crippen molar-refractivity contribution in [2.45, 2.75) is 32.9 Å². The molecule has 0 radical (unpaired) electrons. The van der Waals surface area contributed by atoms with Crippen molar-refractivity contribution in [3.05, 3.63) is 0 Å². The molecule has 1 N–H and O–H groups in total. The average Bonchev–Trinajstić information content (AvgIpc) is 2.17. The third-order valence-electron chi connectivity index (χ3n) is 2.44. The molecule has 4 nitrogen and oxygen atoms in total. The molecule has 0 spiro atoms. The number of hydrogen-bond donors (Lipinski definition) is 1. The summed E-state index contributed by atoms with van der Waals surface area (Å²) in [5, 5.41) is 3.30. The van der Waals surface area contributed by atoms with Crippen LogP contribution in [-0.4, -0.2) is 49.2 Å². The smallest absolute Gasteiger partial charge is 0.251 e. The number of hydrogen-bond acceptors (Lipinski definition) is 3. The highest BCUT2D eigenvalue weighted by molar-refractivity contribution is 5.85. The normalized spacial score (nSPS) is 23.1. The average molecular weight is 237 g/mol. The summed E-state index contributed by atoms with van der Waals surface area (Å²) in [6.45, 7) is 8.87. The monoisotopic (exact) mass is 236 g/mol. The Labute approximate surface area is 97.8 Å². The number of nitrogens with one attached hydrogen (secondary N) is 1. The van der Waals surface area contributed by atoms with Crippen LogP contribution in [-0.2, 0) is 9.53 Å². The van der Waals surface area contributed by atoms with Crippen molar-refractivity contribution in [2.75, 3.05) is 26.2 Å². The van der Waals surface area contributed by atoms with Gasteiger partial charge in [-0.15, -0.1) is 12.4 Å². The van der Waals surface area contributed by atoms with Crippen molar-refractivity contribution in [1.29, 1.82) is 0 Å². The molecule has 1 saturated heterocycles. The zero-order valence-electron chi connectivity index (χ0n) is 9.66. The summed E-state index contributed by atoms with van der Waals surface area (Å²) < 4.78 is 5.28. The van der Waals surface area contributed by atoms with Gasteiger partial charge in [0.25, 0.3) is 5.91 Å². The van der Waals surface area contributed by atoms with E-state index in [2.05, 4.69) is 12.2 Å². The Morgan fingerprint density at radius 2 is 2.33 bits per heavy atom. The zero-order chi connectivity index (χ0) is 10.6. The second-order valence-electron chi connectivity index (χ2n) is 3.74. The van der Waals surface area contributed by atoms with Gasteiger partial charge >= 0.3 is 0 Å². The van der Waals surface area contributed by atoms with Crippen molar-refractivity contribution in [3.63, 3.8) is 0 Å². The minimum absolute atomic E-state index is 0. The highest BCUT2D eigenvalue weighted by atomic mass is 35.5. The van der Waals surface area contributed by atoms with Gasteiger partial charge < -0.3 is 15.0 Å². The van der Waals surface area contributed by atoms with Crippen molar-refractivity contribution in [3.8, 4) is 0 Å². The molecule has 90 valence electrons. The second-order valence-corrected chi connectivity index (χ2v) is 3.74. The molecule has 0 bridgehead atoms. The summed E-state index contributed by atoms with van der Waals surface area (Å²) in [5.41, 5.74) is 0. The minimum Gasteiger partial charge on any atom is -0.369 e. The fourth-order valence-corrected chi connectivity index (χ4v) is 1.71. The van der Waals surface area contributed by atoms with Crippen molar-refractivity contribution < 1.29 is 9.53 Å². The van der Waals surface area contributed by atoms with Crippen molar-refractivity contribution in [1.82, 2.24) is 10.2 Å². The summed E-state index contributed by atoms with van der Waals surface area (Å²) in [4.78, 5) is 13.7. The molecule has 0 aromatic heterocycles. The number of carbonyl (C=O) groups excluding carboxylic acids is 1. The van der Waals surface area contributed by atoms with Crippen LogP contribution in [0.25, 0.3) is 0 Å². The maximum absolute atomic E-state index is 11.8. The highest BCUT2D eigenvalue weighted by Crippen LogP contribution is 2.03. The van der Waals surface area contributed by atoms with Crippen LogP contribution in [0.1, 0.15) is 20.8 Å². The summed E-state index contributed by atoms with van der Waals surface area (Å²) in [7, 11) is 0. The van der Waals surface area contributed by atoms with E-state index in [-0.39, 0.29) is 24.4 Å². The van der Waals surface area contributed by atoms with Crippen LogP contribution >= 0.6 is 12.4 Å². The Morgan fingerprint density at radius 3 is 2.87 bits per heavy atom. The fraction of sp³-hybridized carbons (Fsp3) is 0.900. The standard InChI is InChI=1S/C10H20N2O2.ClH/c1-4-14-9(3)10(13)12-6-5-11-8(2)7-12;/h8-9,11H,4-7H2,1-3H3;1H. The van der Waals surface area contributed by atoms with Gasteiger partial charge in [-0.05, 0) is 20.8 Å². The number of piperazine rings is 1. The first-order valence-electron chi connectivity index (χ1n) is 5.29. The fourth-order valence-electron chi connectivity index (χ4n) is 1.71. The topological polar surface area (TPSA) is 41.6 Å². The molecule has 0 aromatic rings. The largest absolute Gasteiger partial charge is 0.369 e. The maximum atomic E-state index is 11.8. The van der Waals surface area contributed by atoms with E-state index in [4.69, 9.17) is 4.74 Å². The zero-order valence-corrected chi connectivity index (χ0v) is 10.5. The molecule has 1 aliphatic rings. The van der Waals surface area contributed by atoms with Gasteiger partial charge in [0.1, 0.15) is 6.10 Å².